The van der Waals surface area contributed by atoms with E-state index in [9.17, 15) is 4.79 Å². The van der Waals surface area contributed by atoms with E-state index in [2.05, 4.69) is 42.4 Å². The molecule has 0 aliphatic heterocycles. The van der Waals surface area contributed by atoms with E-state index >= 15 is 0 Å². The van der Waals surface area contributed by atoms with Crippen molar-refractivity contribution in [1.82, 2.24) is 39.7 Å². The number of benzene rings is 1. The molecule has 0 fully saturated rings. The Morgan fingerprint density at radius 3 is 2.84 bits per heavy atom. The molecular weight excluding hydrogens is 466 g/mol. The maximum absolute atomic E-state index is 12.2. The van der Waals surface area contributed by atoms with Gasteiger partial charge in [-0.1, -0.05) is 19.4 Å². The Kier molecular flexibility index (Phi) is 5.68. The molecule has 0 atom stereocenters. The van der Waals surface area contributed by atoms with Gasteiger partial charge in [0.15, 0.2) is 11.5 Å². The molecule has 37 heavy (non-hydrogen) atoms. The number of hydrogen-bond acceptors (Lipinski definition) is 6. The molecule has 1 amide bonds. The molecule has 184 valence electrons. The van der Waals surface area contributed by atoms with Gasteiger partial charge in [-0.3, -0.25) is 14.9 Å². The van der Waals surface area contributed by atoms with E-state index in [4.69, 9.17) is 4.98 Å². The van der Waals surface area contributed by atoms with E-state index < -0.39 is 0 Å². The van der Waals surface area contributed by atoms with Crippen molar-refractivity contribution in [3.05, 3.63) is 67.1 Å². The number of imidazole rings is 2. The predicted octanol–water partition coefficient (Wildman–Crippen LogP) is 5.19. The highest BCUT2D eigenvalue weighted by atomic mass is 16.1. The lowest BCUT2D eigenvalue weighted by Crippen LogP contribution is -2.11. The second kappa shape index (κ2) is 9.30. The number of pyridine rings is 2. The van der Waals surface area contributed by atoms with Gasteiger partial charge in [0.05, 0.1) is 40.5 Å². The van der Waals surface area contributed by atoms with Crippen LogP contribution in [0.3, 0.4) is 0 Å². The van der Waals surface area contributed by atoms with Crippen molar-refractivity contribution in [2.45, 2.75) is 33.1 Å². The second-order valence-electron chi connectivity index (χ2n) is 8.99. The fourth-order valence-electron chi connectivity index (χ4n) is 4.36. The SMILES string of the molecule is CCCCC(=O)Nc1cncc(-c2cnc3n[nH]c(-c4nc5c(-n6cnc(C)c6)cccc5[nH]4)c3c2)c1. The van der Waals surface area contributed by atoms with Crippen molar-refractivity contribution in [2.24, 2.45) is 0 Å². The topological polar surface area (TPSA) is 130 Å². The van der Waals surface area contributed by atoms with E-state index in [-0.39, 0.29) is 5.91 Å². The average molecular weight is 492 g/mol. The molecular formula is C27H25N9O. The molecule has 0 aliphatic carbocycles. The lowest BCUT2D eigenvalue weighted by Gasteiger charge is -2.07. The molecule has 5 aromatic heterocycles. The third-order valence-corrected chi connectivity index (χ3v) is 6.24. The van der Waals surface area contributed by atoms with Crippen LogP contribution < -0.4 is 5.32 Å². The van der Waals surface area contributed by atoms with Crippen LogP contribution in [-0.4, -0.2) is 45.6 Å². The van der Waals surface area contributed by atoms with Crippen LogP contribution in [0.25, 0.3) is 50.4 Å². The van der Waals surface area contributed by atoms with Crippen LogP contribution in [0, 0.1) is 6.92 Å². The summed E-state index contributed by atoms with van der Waals surface area (Å²) in [5.74, 6) is 0.650. The van der Waals surface area contributed by atoms with E-state index in [1.54, 1.807) is 24.9 Å². The molecule has 0 unspecified atom stereocenters. The Labute approximate surface area is 212 Å². The molecule has 0 spiro atoms. The Morgan fingerprint density at radius 1 is 1.11 bits per heavy atom. The normalized spacial score (nSPS) is 11.4. The van der Waals surface area contributed by atoms with Crippen LogP contribution in [0.1, 0.15) is 31.9 Å². The van der Waals surface area contributed by atoms with Gasteiger partial charge >= 0.3 is 0 Å². The quantitative estimate of drug-likeness (QED) is 0.282. The van der Waals surface area contributed by atoms with Crippen molar-refractivity contribution in [3.8, 4) is 28.3 Å². The van der Waals surface area contributed by atoms with Gasteiger partial charge in [0, 0.05) is 36.1 Å². The van der Waals surface area contributed by atoms with E-state index in [0.717, 1.165) is 57.5 Å². The number of nitrogens with one attached hydrogen (secondary N) is 3. The first-order valence-electron chi connectivity index (χ1n) is 12.2. The molecule has 10 nitrogen and oxygen atoms in total. The Bertz CT molecular complexity index is 1740. The summed E-state index contributed by atoms with van der Waals surface area (Å²) in [7, 11) is 0. The first kappa shape index (κ1) is 22.6. The predicted molar refractivity (Wildman–Crippen MR) is 142 cm³/mol. The number of aromatic amines is 2. The Balaban J connectivity index is 1.37. The summed E-state index contributed by atoms with van der Waals surface area (Å²) < 4.78 is 1.97. The average Bonchev–Trinajstić information content (AvgIpc) is 3.64. The maximum atomic E-state index is 12.2. The molecule has 0 saturated carbocycles. The molecule has 3 N–H and O–H groups in total. The van der Waals surface area contributed by atoms with Crippen LogP contribution in [0.2, 0.25) is 0 Å². The summed E-state index contributed by atoms with van der Waals surface area (Å²) in [5, 5.41) is 11.2. The van der Waals surface area contributed by atoms with Crippen LogP contribution >= 0.6 is 0 Å². The summed E-state index contributed by atoms with van der Waals surface area (Å²) >= 11 is 0. The minimum absolute atomic E-state index is 0.0124. The van der Waals surface area contributed by atoms with Gasteiger partial charge in [-0.25, -0.2) is 15.0 Å². The number of carbonyl (C=O) groups is 1. The minimum Gasteiger partial charge on any atom is -0.337 e. The van der Waals surface area contributed by atoms with Crippen molar-refractivity contribution in [3.63, 3.8) is 0 Å². The Hall–Kier alpha value is -4.86. The summed E-state index contributed by atoms with van der Waals surface area (Å²) in [6, 6.07) is 9.90. The molecule has 0 radical (unpaired) electrons. The zero-order valence-electron chi connectivity index (χ0n) is 20.5. The number of nitrogens with zero attached hydrogens (tertiary/aromatic N) is 6. The third-order valence-electron chi connectivity index (χ3n) is 6.24. The highest BCUT2D eigenvalue weighted by molar-refractivity contribution is 5.95. The van der Waals surface area contributed by atoms with Gasteiger partial charge < -0.3 is 14.9 Å². The van der Waals surface area contributed by atoms with Crippen LogP contribution in [0.4, 0.5) is 5.69 Å². The number of para-hydroxylation sites is 1. The minimum atomic E-state index is -0.0124. The molecule has 1 aromatic carbocycles. The van der Waals surface area contributed by atoms with E-state index in [1.807, 2.05) is 48.0 Å². The summed E-state index contributed by atoms with van der Waals surface area (Å²) in [4.78, 5) is 33.7. The van der Waals surface area contributed by atoms with Gasteiger partial charge in [-0.05, 0) is 37.6 Å². The van der Waals surface area contributed by atoms with Gasteiger partial charge in [0.2, 0.25) is 5.91 Å². The highest BCUT2D eigenvalue weighted by Gasteiger charge is 2.16. The number of rotatable bonds is 7. The number of hydrogen-bond donors (Lipinski definition) is 3. The summed E-state index contributed by atoms with van der Waals surface area (Å²) in [6.07, 6.45) is 11.2. The molecule has 0 aliphatic rings. The van der Waals surface area contributed by atoms with Gasteiger partial charge in [-0.2, -0.15) is 5.10 Å². The summed E-state index contributed by atoms with van der Waals surface area (Å²) in [5.41, 5.74) is 7.30. The monoisotopic (exact) mass is 491 g/mol. The fraction of sp³-hybridized carbons (Fsp3) is 0.185. The molecule has 0 bridgehead atoms. The van der Waals surface area contributed by atoms with Crippen LogP contribution in [0.15, 0.2) is 61.4 Å². The number of fused-ring (bicyclic) bond motifs is 2. The smallest absolute Gasteiger partial charge is 0.224 e. The van der Waals surface area contributed by atoms with Crippen molar-refractivity contribution in [2.75, 3.05) is 5.32 Å². The lowest BCUT2D eigenvalue weighted by molar-refractivity contribution is -0.116. The zero-order valence-corrected chi connectivity index (χ0v) is 20.5. The number of aryl methyl sites for hydroxylation is 1. The largest absolute Gasteiger partial charge is 0.337 e. The van der Waals surface area contributed by atoms with Gasteiger partial charge in [-0.15, -0.1) is 0 Å². The number of H-pyrrole nitrogens is 2. The third kappa shape index (κ3) is 4.33. The first-order chi connectivity index (χ1) is 18.1. The second-order valence-corrected chi connectivity index (χ2v) is 8.99. The standard InChI is InChI=1S/C27H25N9O/c1-3-4-8-23(37)31-19-9-17(11-28-13-19)18-10-20-24(34-35-26(20)29-12-18)27-32-21-6-5-7-22(25(21)33-27)36-14-16(2)30-15-36/h5-7,9-15H,3-4,8H2,1-2H3,(H,31,37)(H,32,33)(H,29,34,35). The van der Waals surface area contributed by atoms with Gasteiger partial charge in [0.1, 0.15) is 11.2 Å². The fourth-order valence-corrected chi connectivity index (χ4v) is 4.36. The van der Waals surface area contributed by atoms with Crippen LogP contribution in [0.5, 0.6) is 0 Å². The van der Waals surface area contributed by atoms with E-state index in [0.29, 0.717) is 23.6 Å². The molecule has 6 rings (SSSR count). The number of anilines is 1. The van der Waals surface area contributed by atoms with Gasteiger partial charge in [0.25, 0.3) is 0 Å². The molecule has 5 heterocycles. The maximum Gasteiger partial charge on any atom is 0.224 e. The number of unbranched alkanes of at least 4 members (excludes halogenated alkanes) is 1. The lowest BCUT2D eigenvalue weighted by atomic mass is 10.1. The first-order valence-corrected chi connectivity index (χ1v) is 12.2. The molecule has 10 heteroatoms. The van der Waals surface area contributed by atoms with Crippen molar-refractivity contribution >= 4 is 33.7 Å². The molecule has 6 aromatic rings. The van der Waals surface area contributed by atoms with Crippen molar-refractivity contribution < 1.29 is 4.79 Å². The zero-order chi connectivity index (χ0) is 25.4. The summed E-state index contributed by atoms with van der Waals surface area (Å²) in [6.45, 7) is 4.02. The van der Waals surface area contributed by atoms with E-state index in [1.165, 1.54) is 0 Å². The number of carbonyl (C=O) groups excluding carboxylic acids is 1. The highest BCUT2D eigenvalue weighted by Crippen LogP contribution is 2.31. The Morgan fingerprint density at radius 2 is 2.00 bits per heavy atom. The van der Waals surface area contributed by atoms with Crippen LogP contribution in [-0.2, 0) is 4.79 Å². The molecule has 0 saturated heterocycles. The number of aromatic nitrogens is 8. The van der Waals surface area contributed by atoms with Crippen molar-refractivity contribution in [1.29, 1.82) is 0 Å². The number of amides is 1.